The number of carbonyl (C=O) groups is 1. The van der Waals surface area contributed by atoms with E-state index in [-0.39, 0.29) is 17.9 Å². The number of Topliss-reactive ketones (excluding diaryl/α,β-unsaturated/α-hetero) is 1. The van der Waals surface area contributed by atoms with Crippen LogP contribution < -0.4 is 4.74 Å². The zero-order chi connectivity index (χ0) is 23.5. The van der Waals surface area contributed by atoms with Crippen LogP contribution in [0.25, 0.3) is 11.4 Å². The van der Waals surface area contributed by atoms with Crippen molar-refractivity contribution in [1.29, 1.82) is 0 Å². The molecular formula is C25H32N4O3S. The molecule has 0 radical (unpaired) electrons. The summed E-state index contributed by atoms with van der Waals surface area (Å²) in [5.41, 5.74) is 3.86. The number of benzene rings is 1. The summed E-state index contributed by atoms with van der Waals surface area (Å²) in [7, 11) is 1.65. The molecule has 4 rings (SSSR count). The molecule has 1 atom stereocenters. The van der Waals surface area contributed by atoms with Gasteiger partial charge in [-0.15, -0.1) is 10.2 Å². The molecule has 8 heteroatoms. The first-order valence-electron chi connectivity index (χ1n) is 11.4. The fourth-order valence-electron chi connectivity index (χ4n) is 4.34. The van der Waals surface area contributed by atoms with Crippen molar-refractivity contribution in [3.8, 4) is 17.1 Å². The first-order valence-corrected chi connectivity index (χ1v) is 12.4. The molecule has 1 aliphatic heterocycles. The fourth-order valence-corrected chi connectivity index (χ4v) is 5.29. The molecule has 1 fully saturated rings. The Morgan fingerprint density at radius 3 is 2.64 bits per heavy atom. The summed E-state index contributed by atoms with van der Waals surface area (Å²) in [5.74, 6) is 2.01. The van der Waals surface area contributed by atoms with Crippen molar-refractivity contribution in [2.75, 3.05) is 19.5 Å². The number of hydrogen-bond acceptors (Lipinski definition) is 6. The van der Waals surface area contributed by atoms with Crippen LogP contribution in [0, 0.1) is 13.8 Å². The minimum Gasteiger partial charge on any atom is -0.497 e. The highest BCUT2D eigenvalue weighted by Crippen LogP contribution is 2.30. The average molecular weight is 469 g/mol. The van der Waals surface area contributed by atoms with E-state index in [0.29, 0.717) is 5.75 Å². The Balaban J connectivity index is 1.50. The summed E-state index contributed by atoms with van der Waals surface area (Å²) < 4.78 is 15.4. The lowest BCUT2D eigenvalue weighted by Gasteiger charge is -2.15. The lowest BCUT2D eigenvalue weighted by molar-refractivity contribution is 0.0957. The van der Waals surface area contributed by atoms with Crippen molar-refractivity contribution < 1.29 is 14.3 Å². The number of thioether (sulfide) groups is 1. The zero-order valence-corrected chi connectivity index (χ0v) is 20.8. The van der Waals surface area contributed by atoms with Gasteiger partial charge in [-0.2, -0.15) is 0 Å². The lowest BCUT2D eigenvalue weighted by Crippen LogP contribution is -2.17. The molecule has 1 aromatic carbocycles. The molecule has 0 spiro atoms. The molecule has 0 aliphatic carbocycles. The maximum absolute atomic E-state index is 13.1. The van der Waals surface area contributed by atoms with E-state index < -0.39 is 0 Å². The molecule has 2 aromatic heterocycles. The molecule has 7 nitrogen and oxygen atoms in total. The summed E-state index contributed by atoms with van der Waals surface area (Å²) in [4.78, 5) is 13.1. The summed E-state index contributed by atoms with van der Waals surface area (Å²) in [6.07, 6.45) is 2.44. The summed E-state index contributed by atoms with van der Waals surface area (Å²) in [5, 5.41) is 9.58. The predicted octanol–water partition coefficient (Wildman–Crippen LogP) is 5.11. The topological polar surface area (TPSA) is 71.2 Å². The summed E-state index contributed by atoms with van der Waals surface area (Å²) in [6.45, 7) is 9.93. The third kappa shape index (κ3) is 5.01. The second-order valence-electron chi connectivity index (χ2n) is 8.74. The van der Waals surface area contributed by atoms with Crippen LogP contribution in [0.4, 0.5) is 0 Å². The SMILES string of the molecule is COc1ccc(-c2nnc(SCC(=O)c3cc(C)n(C[C@@H]4CCCO4)c3C)n2C(C)C)cc1. The Morgan fingerprint density at radius 2 is 2.00 bits per heavy atom. The third-order valence-electron chi connectivity index (χ3n) is 6.15. The number of ketones is 1. The molecule has 0 N–H and O–H groups in total. The number of aryl methyl sites for hydroxylation is 1. The van der Waals surface area contributed by atoms with Crippen LogP contribution in [-0.2, 0) is 11.3 Å². The van der Waals surface area contributed by atoms with Gasteiger partial charge in [0.15, 0.2) is 16.8 Å². The van der Waals surface area contributed by atoms with Crippen LogP contribution in [0.3, 0.4) is 0 Å². The Hall–Kier alpha value is -2.58. The molecule has 33 heavy (non-hydrogen) atoms. The van der Waals surface area contributed by atoms with Gasteiger partial charge in [-0.25, -0.2) is 0 Å². The van der Waals surface area contributed by atoms with Gasteiger partial charge in [0.2, 0.25) is 0 Å². The highest BCUT2D eigenvalue weighted by molar-refractivity contribution is 7.99. The van der Waals surface area contributed by atoms with Crippen LogP contribution in [0.1, 0.15) is 54.5 Å². The molecule has 176 valence electrons. The van der Waals surface area contributed by atoms with Gasteiger partial charge in [-0.1, -0.05) is 11.8 Å². The second-order valence-corrected chi connectivity index (χ2v) is 9.68. The monoisotopic (exact) mass is 468 g/mol. The van der Waals surface area contributed by atoms with Gasteiger partial charge in [-0.05, 0) is 70.9 Å². The number of hydrogen-bond donors (Lipinski definition) is 0. The predicted molar refractivity (Wildman–Crippen MR) is 130 cm³/mol. The molecular weight excluding hydrogens is 436 g/mol. The lowest BCUT2D eigenvalue weighted by atomic mass is 10.2. The maximum Gasteiger partial charge on any atom is 0.192 e. The Labute approximate surface area is 199 Å². The minimum absolute atomic E-state index is 0.107. The average Bonchev–Trinajstić information content (AvgIpc) is 3.54. The second kappa shape index (κ2) is 10.1. The van der Waals surface area contributed by atoms with Crippen molar-refractivity contribution in [1.82, 2.24) is 19.3 Å². The molecule has 3 aromatic rings. The van der Waals surface area contributed by atoms with Gasteiger partial charge in [0.05, 0.1) is 19.0 Å². The van der Waals surface area contributed by atoms with Crippen molar-refractivity contribution in [3.05, 3.63) is 47.3 Å². The third-order valence-corrected chi connectivity index (χ3v) is 7.09. The van der Waals surface area contributed by atoms with E-state index in [1.807, 2.05) is 37.3 Å². The highest BCUT2D eigenvalue weighted by atomic mass is 32.2. The molecule has 1 saturated heterocycles. The van der Waals surface area contributed by atoms with Crippen molar-refractivity contribution in [2.45, 2.75) is 64.4 Å². The summed E-state index contributed by atoms with van der Waals surface area (Å²) in [6, 6.07) is 9.94. The van der Waals surface area contributed by atoms with E-state index in [4.69, 9.17) is 9.47 Å². The van der Waals surface area contributed by atoms with Crippen molar-refractivity contribution in [2.24, 2.45) is 0 Å². The van der Waals surface area contributed by atoms with Crippen LogP contribution in [0.15, 0.2) is 35.5 Å². The Kier molecular flexibility index (Phi) is 7.24. The Morgan fingerprint density at radius 1 is 1.24 bits per heavy atom. The van der Waals surface area contributed by atoms with E-state index in [1.165, 1.54) is 11.8 Å². The largest absolute Gasteiger partial charge is 0.497 e. The highest BCUT2D eigenvalue weighted by Gasteiger charge is 2.23. The number of carbonyl (C=O) groups excluding carboxylic acids is 1. The van der Waals surface area contributed by atoms with Crippen LogP contribution >= 0.6 is 11.8 Å². The molecule has 0 bridgehead atoms. The number of aromatic nitrogens is 4. The standard InChI is InChI=1S/C25H32N4O3S/c1-16(2)29-24(19-8-10-20(31-5)11-9-19)26-27-25(29)33-15-23(30)22-13-17(3)28(18(22)4)14-21-7-6-12-32-21/h8-11,13,16,21H,6-7,12,14-15H2,1-5H3/t21-/m0/s1. The van der Waals surface area contributed by atoms with E-state index in [1.54, 1.807) is 7.11 Å². The van der Waals surface area contributed by atoms with Crippen molar-refractivity contribution in [3.63, 3.8) is 0 Å². The molecule has 0 unspecified atom stereocenters. The van der Waals surface area contributed by atoms with E-state index in [0.717, 1.165) is 65.2 Å². The van der Waals surface area contributed by atoms with Gasteiger partial charge in [-0.3, -0.25) is 9.36 Å². The Bertz CT molecular complexity index is 1110. The van der Waals surface area contributed by atoms with Gasteiger partial charge in [0, 0.05) is 41.7 Å². The molecule has 0 saturated carbocycles. The zero-order valence-electron chi connectivity index (χ0n) is 20.0. The number of rotatable bonds is 9. The van der Waals surface area contributed by atoms with Gasteiger partial charge >= 0.3 is 0 Å². The smallest absolute Gasteiger partial charge is 0.192 e. The molecule has 3 heterocycles. The van der Waals surface area contributed by atoms with E-state index in [2.05, 4.69) is 40.1 Å². The molecule has 1 aliphatic rings. The normalized spacial score (nSPS) is 16.0. The number of methoxy groups -OCH3 is 1. The first-order chi connectivity index (χ1) is 15.9. The maximum atomic E-state index is 13.1. The fraction of sp³-hybridized carbons (Fsp3) is 0.480. The van der Waals surface area contributed by atoms with Gasteiger partial charge < -0.3 is 14.0 Å². The van der Waals surface area contributed by atoms with Crippen LogP contribution in [0.2, 0.25) is 0 Å². The van der Waals surface area contributed by atoms with Gasteiger partial charge in [0.1, 0.15) is 5.75 Å². The first kappa shape index (κ1) is 23.6. The van der Waals surface area contributed by atoms with Crippen molar-refractivity contribution >= 4 is 17.5 Å². The van der Waals surface area contributed by atoms with Crippen LogP contribution in [-0.4, -0.2) is 50.7 Å². The van der Waals surface area contributed by atoms with E-state index >= 15 is 0 Å². The number of nitrogens with zero attached hydrogens (tertiary/aromatic N) is 4. The number of ether oxygens (including phenoxy) is 2. The molecule has 0 amide bonds. The van der Waals surface area contributed by atoms with E-state index in [9.17, 15) is 4.79 Å². The summed E-state index contributed by atoms with van der Waals surface area (Å²) >= 11 is 1.44. The van der Waals surface area contributed by atoms with Crippen LogP contribution in [0.5, 0.6) is 5.75 Å². The quantitative estimate of drug-likeness (QED) is 0.321. The minimum atomic E-state index is 0.107. The van der Waals surface area contributed by atoms with Gasteiger partial charge in [0.25, 0.3) is 0 Å².